The van der Waals surface area contributed by atoms with Gasteiger partial charge in [0.1, 0.15) is 0 Å². The van der Waals surface area contributed by atoms with Gasteiger partial charge in [-0.3, -0.25) is 4.79 Å². The number of nitrogens with one attached hydrogen (secondary N) is 1. The smallest absolute Gasteiger partial charge is 0.255 e. The fraction of sp³-hybridized carbons (Fsp3) is 0. The van der Waals surface area contributed by atoms with Crippen molar-refractivity contribution in [3.63, 3.8) is 0 Å². The van der Waals surface area contributed by atoms with Crippen molar-refractivity contribution in [1.29, 1.82) is 0 Å². The standard InChI is InChI=1S/C17H11BrClNO/c18-13-6-7-15-12(8-13)9-14(10-16(15)19)20-17(21)11-4-2-1-3-5-11/h1-10H,(H,20,21). The molecular weight excluding hydrogens is 350 g/mol. The lowest BCUT2D eigenvalue weighted by atomic mass is 10.1. The van der Waals surface area contributed by atoms with Crippen molar-refractivity contribution in [2.24, 2.45) is 0 Å². The number of amides is 1. The van der Waals surface area contributed by atoms with Crippen molar-refractivity contribution in [3.8, 4) is 0 Å². The van der Waals surface area contributed by atoms with E-state index in [0.717, 1.165) is 15.2 Å². The quantitative estimate of drug-likeness (QED) is 0.641. The lowest BCUT2D eigenvalue weighted by Crippen LogP contribution is -2.11. The van der Waals surface area contributed by atoms with Crippen LogP contribution >= 0.6 is 27.5 Å². The minimum atomic E-state index is -0.152. The van der Waals surface area contributed by atoms with Gasteiger partial charge in [-0.25, -0.2) is 0 Å². The minimum absolute atomic E-state index is 0.152. The number of carbonyl (C=O) groups excluding carboxylic acids is 1. The van der Waals surface area contributed by atoms with Crippen LogP contribution in [0.2, 0.25) is 5.02 Å². The summed E-state index contributed by atoms with van der Waals surface area (Å²) >= 11 is 9.72. The van der Waals surface area contributed by atoms with E-state index >= 15 is 0 Å². The minimum Gasteiger partial charge on any atom is -0.322 e. The Labute approximate surface area is 135 Å². The molecule has 104 valence electrons. The van der Waals surface area contributed by atoms with Crippen LogP contribution in [0.15, 0.2) is 65.1 Å². The second-order valence-corrected chi connectivity index (χ2v) is 5.97. The predicted molar refractivity (Wildman–Crippen MR) is 91.1 cm³/mol. The van der Waals surface area contributed by atoms with Gasteiger partial charge in [-0.05, 0) is 41.8 Å². The van der Waals surface area contributed by atoms with Crippen molar-refractivity contribution >= 4 is 49.9 Å². The van der Waals surface area contributed by atoms with Crippen LogP contribution in [0.3, 0.4) is 0 Å². The van der Waals surface area contributed by atoms with Crippen molar-refractivity contribution < 1.29 is 4.79 Å². The molecule has 3 rings (SSSR count). The van der Waals surface area contributed by atoms with Crippen molar-refractivity contribution in [2.75, 3.05) is 5.32 Å². The zero-order chi connectivity index (χ0) is 14.8. The highest BCUT2D eigenvalue weighted by molar-refractivity contribution is 9.10. The van der Waals surface area contributed by atoms with E-state index in [-0.39, 0.29) is 5.91 Å². The Morgan fingerprint density at radius 1 is 1.00 bits per heavy atom. The second kappa shape index (κ2) is 5.88. The Balaban J connectivity index is 1.96. The van der Waals surface area contributed by atoms with Crippen molar-refractivity contribution in [3.05, 3.63) is 75.7 Å². The molecule has 0 heterocycles. The summed E-state index contributed by atoms with van der Waals surface area (Å²) in [5.41, 5.74) is 1.29. The summed E-state index contributed by atoms with van der Waals surface area (Å²) in [6, 6.07) is 18.6. The Morgan fingerprint density at radius 2 is 1.76 bits per heavy atom. The van der Waals surface area contributed by atoms with Crippen LogP contribution in [0, 0.1) is 0 Å². The molecule has 1 N–H and O–H groups in total. The first kappa shape index (κ1) is 14.1. The van der Waals surface area contributed by atoms with Gasteiger partial charge >= 0.3 is 0 Å². The first-order valence-corrected chi connectivity index (χ1v) is 7.56. The van der Waals surface area contributed by atoms with Crippen LogP contribution in [0.25, 0.3) is 10.8 Å². The third-order valence-corrected chi connectivity index (χ3v) is 3.96. The Hall–Kier alpha value is -1.84. The lowest BCUT2D eigenvalue weighted by molar-refractivity contribution is 0.102. The summed E-state index contributed by atoms with van der Waals surface area (Å²) in [5, 5.41) is 5.41. The van der Waals surface area contributed by atoms with Gasteiger partial charge in [-0.15, -0.1) is 0 Å². The van der Waals surface area contributed by atoms with E-state index in [2.05, 4.69) is 21.2 Å². The summed E-state index contributed by atoms with van der Waals surface area (Å²) in [4.78, 5) is 12.2. The van der Waals surface area contributed by atoms with Gasteiger partial charge in [-0.1, -0.05) is 51.8 Å². The van der Waals surface area contributed by atoms with E-state index in [1.807, 2.05) is 42.5 Å². The van der Waals surface area contributed by atoms with Crippen LogP contribution in [-0.2, 0) is 0 Å². The SMILES string of the molecule is O=C(Nc1cc(Cl)c2ccc(Br)cc2c1)c1ccccc1. The maximum absolute atomic E-state index is 12.2. The number of hydrogen-bond donors (Lipinski definition) is 1. The molecule has 0 fully saturated rings. The van der Waals surface area contributed by atoms with Gasteiger partial charge in [-0.2, -0.15) is 0 Å². The molecule has 0 atom stereocenters. The number of fused-ring (bicyclic) bond motifs is 1. The summed E-state index contributed by atoms with van der Waals surface area (Å²) in [6.45, 7) is 0. The van der Waals surface area contributed by atoms with Crippen LogP contribution < -0.4 is 5.32 Å². The maximum atomic E-state index is 12.2. The van der Waals surface area contributed by atoms with Gasteiger partial charge in [0, 0.05) is 21.1 Å². The van der Waals surface area contributed by atoms with Crippen LogP contribution in [0.5, 0.6) is 0 Å². The zero-order valence-electron chi connectivity index (χ0n) is 10.9. The molecular formula is C17H11BrClNO. The first-order valence-electron chi connectivity index (χ1n) is 6.39. The molecule has 0 aliphatic rings. The molecule has 0 aliphatic carbocycles. The topological polar surface area (TPSA) is 29.1 Å². The largest absolute Gasteiger partial charge is 0.322 e. The molecule has 0 aliphatic heterocycles. The monoisotopic (exact) mass is 359 g/mol. The number of benzene rings is 3. The molecule has 0 saturated heterocycles. The summed E-state index contributed by atoms with van der Waals surface area (Å²) in [7, 11) is 0. The highest BCUT2D eigenvalue weighted by Crippen LogP contribution is 2.30. The number of anilines is 1. The van der Waals surface area contributed by atoms with E-state index in [9.17, 15) is 4.79 Å². The summed E-state index contributed by atoms with van der Waals surface area (Å²) in [6.07, 6.45) is 0. The summed E-state index contributed by atoms with van der Waals surface area (Å²) < 4.78 is 0.970. The Morgan fingerprint density at radius 3 is 2.52 bits per heavy atom. The predicted octanol–water partition coefficient (Wildman–Crippen LogP) is 5.51. The van der Waals surface area contributed by atoms with E-state index in [0.29, 0.717) is 16.3 Å². The molecule has 0 spiro atoms. The molecule has 3 aromatic rings. The highest BCUT2D eigenvalue weighted by Gasteiger charge is 2.08. The molecule has 0 saturated carbocycles. The zero-order valence-corrected chi connectivity index (χ0v) is 13.3. The van der Waals surface area contributed by atoms with Gasteiger partial charge in [0.25, 0.3) is 5.91 Å². The molecule has 2 nitrogen and oxygen atoms in total. The first-order chi connectivity index (χ1) is 10.1. The Bertz CT molecular complexity index is 818. The van der Waals surface area contributed by atoms with E-state index in [4.69, 9.17) is 11.6 Å². The molecule has 0 bridgehead atoms. The number of carbonyl (C=O) groups is 1. The maximum Gasteiger partial charge on any atom is 0.255 e. The third kappa shape index (κ3) is 3.09. The van der Waals surface area contributed by atoms with E-state index in [1.165, 1.54) is 0 Å². The van der Waals surface area contributed by atoms with E-state index in [1.54, 1.807) is 18.2 Å². The number of rotatable bonds is 2. The van der Waals surface area contributed by atoms with Crippen LogP contribution in [-0.4, -0.2) is 5.91 Å². The van der Waals surface area contributed by atoms with Gasteiger partial charge in [0.05, 0.1) is 5.02 Å². The second-order valence-electron chi connectivity index (χ2n) is 4.64. The van der Waals surface area contributed by atoms with Crippen molar-refractivity contribution in [1.82, 2.24) is 0 Å². The molecule has 3 aromatic carbocycles. The third-order valence-electron chi connectivity index (χ3n) is 3.16. The molecule has 0 unspecified atom stereocenters. The van der Waals surface area contributed by atoms with Gasteiger partial charge in [0.2, 0.25) is 0 Å². The average molecular weight is 361 g/mol. The lowest BCUT2D eigenvalue weighted by Gasteiger charge is -2.08. The van der Waals surface area contributed by atoms with Gasteiger partial charge in [0.15, 0.2) is 0 Å². The van der Waals surface area contributed by atoms with E-state index < -0.39 is 0 Å². The number of halogens is 2. The van der Waals surface area contributed by atoms with Gasteiger partial charge < -0.3 is 5.32 Å². The normalized spacial score (nSPS) is 10.6. The van der Waals surface area contributed by atoms with Crippen LogP contribution in [0.4, 0.5) is 5.69 Å². The molecule has 0 radical (unpaired) electrons. The number of hydrogen-bond acceptors (Lipinski definition) is 1. The fourth-order valence-corrected chi connectivity index (χ4v) is 2.83. The fourth-order valence-electron chi connectivity index (χ4n) is 2.16. The van der Waals surface area contributed by atoms with Crippen LogP contribution in [0.1, 0.15) is 10.4 Å². The molecule has 4 heteroatoms. The molecule has 21 heavy (non-hydrogen) atoms. The summed E-state index contributed by atoms with van der Waals surface area (Å²) in [5.74, 6) is -0.152. The average Bonchev–Trinajstić information content (AvgIpc) is 2.47. The molecule has 0 aromatic heterocycles. The molecule has 1 amide bonds. The Kier molecular flexibility index (Phi) is 3.95. The van der Waals surface area contributed by atoms with Crippen molar-refractivity contribution in [2.45, 2.75) is 0 Å². The highest BCUT2D eigenvalue weighted by atomic mass is 79.9.